The van der Waals surface area contributed by atoms with Gasteiger partial charge in [-0.15, -0.1) is 0 Å². The molecule has 1 unspecified atom stereocenters. The maximum Gasteiger partial charge on any atom is 0.332 e. The molecule has 0 aliphatic carbocycles. The van der Waals surface area contributed by atoms with Crippen molar-refractivity contribution < 1.29 is 14.3 Å². The quantitative estimate of drug-likeness (QED) is 0.656. The highest BCUT2D eigenvalue weighted by Crippen LogP contribution is 2.18. The van der Waals surface area contributed by atoms with E-state index in [1.54, 1.807) is 11.8 Å². The molecule has 1 aromatic rings. The molecule has 1 aliphatic rings. The van der Waals surface area contributed by atoms with E-state index in [2.05, 4.69) is 6.07 Å². The predicted octanol–water partition coefficient (Wildman–Crippen LogP) is 0.852. The van der Waals surface area contributed by atoms with E-state index in [9.17, 15) is 9.59 Å². The van der Waals surface area contributed by atoms with E-state index >= 15 is 0 Å². The summed E-state index contributed by atoms with van der Waals surface area (Å²) in [5, 5.41) is 0. The molecule has 0 aromatic heterocycles. The third kappa shape index (κ3) is 3.17. The lowest BCUT2D eigenvalue weighted by Crippen LogP contribution is -2.48. The number of fused-ring (bicyclic) bond motifs is 1. The molecule has 0 fully saturated rings. The average molecular weight is 276 g/mol. The van der Waals surface area contributed by atoms with Gasteiger partial charge in [-0.3, -0.25) is 4.79 Å². The molecule has 1 amide bonds. The molecular formula is C15H20N2O3. The number of nitrogens with two attached hydrogens (primary N) is 1. The Labute approximate surface area is 118 Å². The Balaban J connectivity index is 2.09. The van der Waals surface area contributed by atoms with Crippen LogP contribution in [0, 0.1) is 0 Å². The van der Waals surface area contributed by atoms with Gasteiger partial charge in [0.15, 0.2) is 6.04 Å². The van der Waals surface area contributed by atoms with Crippen molar-refractivity contribution in [2.45, 2.75) is 32.4 Å². The Morgan fingerprint density at radius 2 is 2.05 bits per heavy atom. The lowest BCUT2D eigenvalue weighted by molar-refractivity contribution is -0.151. The Morgan fingerprint density at radius 3 is 2.75 bits per heavy atom. The second-order valence-electron chi connectivity index (χ2n) is 4.86. The summed E-state index contributed by atoms with van der Waals surface area (Å²) >= 11 is 0. The van der Waals surface area contributed by atoms with Crippen LogP contribution in [-0.4, -0.2) is 36.0 Å². The Hall–Kier alpha value is -1.88. The molecule has 2 rings (SSSR count). The molecule has 0 spiro atoms. The largest absolute Gasteiger partial charge is 0.464 e. The lowest BCUT2D eigenvalue weighted by Gasteiger charge is -2.23. The number of carbonyl (C=O) groups excluding carboxylic acids is 2. The van der Waals surface area contributed by atoms with Crippen LogP contribution >= 0.6 is 0 Å². The molecule has 1 aromatic carbocycles. The molecule has 5 heteroatoms. The number of nitrogens with zero attached hydrogens (tertiary/aromatic N) is 1. The van der Waals surface area contributed by atoms with Gasteiger partial charge in [0.2, 0.25) is 0 Å². The van der Waals surface area contributed by atoms with E-state index in [0.717, 1.165) is 18.4 Å². The maximum atomic E-state index is 12.3. The number of carbonyl (C=O) groups is 2. The summed E-state index contributed by atoms with van der Waals surface area (Å²) in [5.74, 6) is -1.02. The van der Waals surface area contributed by atoms with Crippen LogP contribution in [0.1, 0.15) is 24.5 Å². The first-order valence-corrected chi connectivity index (χ1v) is 6.91. The topological polar surface area (TPSA) is 72.6 Å². The van der Waals surface area contributed by atoms with Gasteiger partial charge in [0.05, 0.1) is 6.61 Å². The zero-order valence-corrected chi connectivity index (χ0v) is 11.7. The minimum absolute atomic E-state index is 0.225. The minimum atomic E-state index is -1.22. The number of hydrogen-bond donors (Lipinski definition) is 1. The molecule has 0 saturated heterocycles. The molecule has 2 N–H and O–H groups in total. The third-order valence-corrected chi connectivity index (χ3v) is 3.47. The van der Waals surface area contributed by atoms with E-state index < -0.39 is 12.0 Å². The SMILES string of the molecule is CCOC(=O)C(N)C(=O)N1CCCc2ccccc2C1. The van der Waals surface area contributed by atoms with Crippen LogP contribution in [0.5, 0.6) is 0 Å². The van der Waals surface area contributed by atoms with Crippen LogP contribution in [0.2, 0.25) is 0 Å². The van der Waals surface area contributed by atoms with E-state index in [4.69, 9.17) is 10.5 Å². The smallest absolute Gasteiger partial charge is 0.332 e. The number of benzene rings is 1. The summed E-state index contributed by atoms with van der Waals surface area (Å²) in [5.41, 5.74) is 8.06. The number of hydrogen-bond acceptors (Lipinski definition) is 4. The van der Waals surface area contributed by atoms with Crippen molar-refractivity contribution in [3.8, 4) is 0 Å². The van der Waals surface area contributed by atoms with Crippen LogP contribution in [0.25, 0.3) is 0 Å². The van der Waals surface area contributed by atoms with Crippen molar-refractivity contribution in [2.75, 3.05) is 13.2 Å². The normalized spacial score (nSPS) is 16.0. The highest BCUT2D eigenvalue weighted by molar-refractivity contribution is 6.01. The van der Waals surface area contributed by atoms with E-state index in [-0.39, 0.29) is 12.5 Å². The van der Waals surface area contributed by atoms with Gasteiger partial charge in [0.1, 0.15) is 0 Å². The van der Waals surface area contributed by atoms with Gasteiger partial charge in [0, 0.05) is 13.1 Å². The standard InChI is InChI=1S/C15H20N2O3/c1-2-20-15(19)13(16)14(18)17-9-5-8-11-6-3-4-7-12(11)10-17/h3-4,6-7,13H,2,5,8-10,16H2,1H3. The molecule has 0 radical (unpaired) electrons. The van der Waals surface area contributed by atoms with Crippen LogP contribution in [0.3, 0.4) is 0 Å². The summed E-state index contributed by atoms with van der Waals surface area (Å²) in [6.45, 7) is 3.03. The monoisotopic (exact) mass is 276 g/mol. The van der Waals surface area contributed by atoms with Crippen molar-refractivity contribution in [1.82, 2.24) is 4.90 Å². The molecule has 0 bridgehead atoms. The van der Waals surface area contributed by atoms with Crippen LogP contribution in [0.15, 0.2) is 24.3 Å². The van der Waals surface area contributed by atoms with Gasteiger partial charge in [-0.1, -0.05) is 24.3 Å². The highest BCUT2D eigenvalue weighted by Gasteiger charge is 2.29. The fourth-order valence-electron chi connectivity index (χ4n) is 2.42. The highest BCUT2D eigenvalue weighted by atomic mass is 16.5. The van der Waals surface area contributed by atoms with Crippen LogP contribution in [0.4, 0.5) is 0 Å². The summed E-state index contributed by atoms with van der Waals surface area (Å²) in [6, 6.07) is 6.82. The predicted molar refractivity (Wildman–Crippen MR) is 74.8 cm³/mol. The summed E-state index contributed by atoms with van der Waals surface area (Å²) in [4.78, 5) is 25.5. The van der Waals surface area contributed by atoms with Crippen molar-refractivity contribution >= 4 is 11.9 Å². The van der Waals surface area contributed by atoms with E-state index in [0.29, 0.717) is 13.1 Å². The van der Waals surface area contributed by atoms with Crippen molar-refractivity contribution in [1.29, 1.82) is 0 Å². The van der Waals surface area contributed by atoms with E-state index in [1.807, 2.05) is 18.2 Å². The van der Waals surface area contributed by atoms with Crippen molar-refractivity contribution in [2.24, 2.45) is 5.73 Å². The van der Waals surface area contributed by atoms with Crippen molar-refractivity contribution in [3.05, 3.63) is 35.4 Å². The fourth-order valence-corrected chi connectivity index (χ4v) is 2.42. The second-order valence-corrected chi connectivity index (χ2v) is 4.86. The maximum absolute atomic E-state index is 12.3. The van der Waals surface area contributed by atoms with Gasteiger partial charge >= 0.3 is 5.97 Å². The Morgan fingerprint density at radius 1 is 1.35 bits per heavy atom. The zero-order chi connectivity index (χ0) is 14.5. The van der Waals surface area contributed by atoms with Gasteiger partial charge in [-0.05, 0) is 30.9 Å². The molecule has 5 nitrogen and oxygen atoms in total. The molecular weight excluding hydrogens is 256 g/mol. The number of rotatable bonds is 3. The van der Waals surface area contributed by atoms with Crippen molar-refractivity contribution in [3.63, 3.8) is 0 Å². The first kappa shape index (κ1) is 14.5. The Bertz CT molecular complexity index is 502. The fraction of sp³-hybridized carbons (Fsp3) is 0.467. The molecule has 1 atom stereocenters. The van der Waals surface area contributed by atoms with Crippen LogP contribution < -0.4 is 5.73 Å². The number of esters is 1. The van der Waals surface area contributed by atoms with Gasteiger partial charge in [-0.2, -0.15) is 0 Å². The number of ether oxygens (including phenoxy) is 1. The third-order valence-electron chi connectivity index (χ3n) is 3.47. The van der Waals surface area contributed by atoms with Gasteiger partial charge in [0.25, 0.3) is 5.91 Å². The molecule has 108 valence electrons. The first-order valence-electron chi connectivity index (χ1n) is 6.91. The van der Waals surface area contributed by atoms with Crippen LogP contribution in [-0.2, 0) is 27.3 Å². The van der Waals surface area contributed by atoms with E-state index in [1.165, 1.54) is 5.56 Å². The Kier molecular flexibility index (Phi) is 4.74. The summed E-state index contributed by atoms with van der Waals surface area (Å²) < 4.78 is 4.80. The average Bonchev–Trinajstić information content (AvgIpc) is 2.68. The molecule has 20 heavy (non-hydrogen) atoms. The van der Waals surface area contributed by atoms with Gasteiger partial charge < -0.3 is 15.4 Å². The molecule has 1 heterocycles. The molecule has 1 aliphatic heterocycles. The van der Waals surface area contributed by atoms with Gasteiger partial charge in [-0.25, -0.2) is 4.79 Å². The summed E-state index contributed by atoms with van der Waals surface area (Å²) in [7, 11) is 0. The first-order chi connectivity index (χ1) is 9.63. The minimum Gasteiger partial charge on any atom is -0.464 e. The zero-order valence-electron chi connectivity index (χ0n) is 11.7. The molecule has 0 saturated carbocycles. The summed E-state index contributed by atoms with van der Waals surface area (Å²) in [6.07, 6.45) is 1.81. The lowest BCUT2D eigenvalue weighted by atomic mass is 10.0. The number of aryl methyl sites for hydroxylation is 1. The second kappa shape index (κ2) is 6.52. The number of amides is 1.